The molecule has 2 bridgehead atoms. The van der Waals surface area contributed by atoms with E-state index in [0.29, 0.717) is 5.54 Å². The summed E-state index contributed by atoms with van der Waals surface area (Å²) in [6.45, 7) is 2.31. The lowest BCUT2D eigenvalue weighted by Gasteiger charge is -2.38. The number of rotatable bonds is 3. The van der Waals surface area contributed by atoms with E-state index >= 15 is 0 Å². The van der Waals surface area contributed by atoms with Crippen molar-refractivity contribution >= 4 is 0 Å². The van der Waals surface area contributed by atoms with Crippen LogP contribution in [0.1, 0.15) is 51.9 Å². The maximum Gasteiger partial charge on any atom is 0.0250 e. The van der Waals surface area contributed by atoms with Crippen LogP contribution in [0.4, 0.5) is 0 Å². The van der Waals surface area contributed by atoms with Gasteiger partial charge in [0.25, 0.3) is 0 Å². The fourth-order valence-corrected chi connectivity index (χ4v) is 4.27. The summed E-state index contributed by atoms with van der Waals surface area (Å²) >= 11 is 0. The van der Waals surface area contributed by atoms with Gasteiger partial charge in [0.05, 0.1) is 0 Å². The fourth-order valence-electron chi connectivity index (χ4n) is 4.27. The Morgan fingerprint density at radius 1 is 1.40 bits per heavy atom. The summed E-state index contributed by atoms with van der Waals surface area (Å²) in [6, 6.07) is 0.858. The number of hydrogen-bond donors (Lipinski definition) is 1. The topological polar surface area (TPSA) is 12.0 Å². The molecule has 0 unspecified atom stereocenters. The molecule has 15 heavy (non-hydrogen) atoms. The lowest BCUT2D eigenvalue weighted by atomic mass is 9.66. The molecule has 1 aliphatic carbocycles. The summed E-state index contributed by atoms with van der Waals surface area (Å²) in [5, 5.41) is 3.97. The standard InChI is InChI=1S/C14H23N/c1-2-3-9-14-10-8-13(15-14)11-6-4-5-7-12(11)14/h5,7,11-13,15H,2-4,6,8-10H2,1H3/t11-,12+,13+,14-/m0/s1. The van der Waals surface area contributed by atoms with Gasteiger partial charge >= 0.3 is 0 Å². The van der Waals surface area contributed by atoms with E-state index in [9.17, 15) is 0 Å². The zero-order valence-electron chi connectivity index (χ0n) is 9.84. The average Bonchev–Trinajstić information content (AvgIpc) is 2.84. The Morgan fingerprint density at radius 3 is 3.20 bits per heavy atom. The largest absolute Gasteiger partial charge is 0.308 e. The molecule has 2 heterocycles. The van der Waals surface area contributed by atoms with E-state index < -0.39 is 0 Å². The van der Waals surface area contributed by atoms with Crippen molar-refractivity contribution in [3.8, 4) is 0 Å². The lowest BCUT2D eigenvalue weighted by Crippen LogP contribution is -2.42. The molecular formula is C14H23N. The highest BCUT2D eigenvalue weighted by molar-refractivity contribution is 5.20. The van der Waals surface area contributed by atoms with Crippen molar-refractivity contribution in [2.24, 2.45) is 11.8 Å². The van der Waals surface area contributed by atoms with Gasteiger partial charge in [-0.05, 0) is 43.9 Å². The molecule has 4 atom stereocenters. The molecule has 84 valence electrons. The highest BCUT2D eigenvalue weighted by Gasteiger charge is 2.55. The third-order valence-electron chi connectivity index (χ3n) is 4.98. The highest BCUT2D eigenvalue weighted by atomic mass is 15.1. The smallest absolute Gasteiger partial charge is 0.0250 e. The van der Waals surface area contributed by atoms with E-state index in [4.69, 9.17) is 0 Å². The van der Waals surface area contributed by atoms with E-state index in [2.05, 4.69) is 24.4 Å². The van der Waals surface area contributed by atoms with E-state index in [1.165, 1.54) is 44.9 Å². The van der Waals surface area contributed by atoms with Crippen molar-refractivity contribution in [3.05, 3.63) is 12.2 Å². The molecule has 2 saturated heterocycles. The van der Waals surface area contributed by atoms with Crippen LogP contribution in [0.3, 0.4) is 0 Å². The first-order valence-electron chi connectivity index (χ1n) is 6.80. The molecule has 2 aliphatic heterocycles. The molecule has 2 fully saturated rings. The van der Waals surface area contributed by atoms with Crippen molar-refractivity contribution in [2.45, 2.75) is 63.5 Å². The number of unbranched alkanes of at least 4 members (excludes halogenated alkanes) is 1. The van der Waals surface area contributed by atoms with Crippen LogP contribution in [0.5, 0.6) is 0 Å². The van der Waals surface area contributed by atoms with Crippen LogP contribution in [0.15, 0.2) is 12.2 Å². The SMILES string of the molecule is CCCC[C@@]12CC[C@@H](N1)[C@H]1CCC=C[C@H]12. The van der Waals surface area contributed by atoms with Gasteiger partial charge in [-0.3, -0.25) is 0 Å². The van der Waals surface area contributed by atoms with Gasteiger partial charge in [-0.15, -0.1) is 0 Å². The van der Waals surface area contributed by atoms with E-state index in [1.54, 1.807) is 0 Å². The van der Waals surface area contributed by atoms with Crippen LogP contribution in [0.2, 0.25) is 0 Å². The minimum atomic E-state index is 0.516. The Bertz CT molecular complexity index is 271. The Labute approximate surface area is 93.3 Å². The first kappa shape index (κ1) is 9.89. The molecule has 0 aromatic carbocycles. The molecular weight excluding hydrogens is 182 g/mol. The molecule has 3 rings (SSSR count). The zero-order valence-corrected chi connectivity index (χ0v) is 9.84. The van der Waals surface area contributed by atoms with Gasteiger partial charge in [-0.1, -0.05) is 31.9 Å². The molecule has 0 aromatic heterocycles. The van der Waals surface area contributed by atoms with Gasteiger partial charge in [0.1, 0.15) is 0 Å². The normalized spacial score (nSPS) is 47.1. The summed E-state index contributed by atoms with van der Waals surface area (Å²) < 4.78 is 0. The Kier molecular flexibility index (Phi) is 2.39. The second kappa shape index (κ2) is 3.62. The van der Waals surface area contributed by atoms with E-state index in [-0.39, 0.29) is 0 Å². The van der Waals surface area contributed by atoms with Crippen molar-refractivity contribution in [3.63, 3.8) is 0 Å². The predicted molar refractivity (Wildman–Crippen MR) is 63.8 cm³/mol. The first-order chi connectivity index (χ1) is 7.36. The lowest BCUT2D eigenvalue weighted by molar-refractivity contribution is 0.220. The fraction of sp³-hybridized carbons (Fsp3) is 0.857. The molecule has 0 aromatic rings. The zero-order chi connectivity index (χ0) is 10.3. The van der Waals surface area contributed by atoms with Gasteiger partial charge in [-0.25, -0.2) is 0 Å². The van der Waals surface area contributed by atoms with Crippen LogP contribution in [0, 0.1) is 11.8 Å². The van der Waals surface area contributed by atoms with Gasteiger partial charge in [0, 0.05) is 11.6 Å². The molecule has 0 amide bonds. The summed E-state index contributed by atoms with van der Waals surface area (Å²) in [5.41, 5.74) is 0.516. The molecule has 0 radical (unpaired) electrons. The monoisotopic (exact) mass is 205 g/mol. The maximum atomic E-state index is 3.97. The minimum absolute atomic E-state index is 0.516. The summed E-state index contributed by atoms with van der Waals surface area (Å²) in [6.07, 6.45) is 14.8. The molecule has 1 heteroatoms. The van der Waals surface area contributed by atoms with Gasteiger partial charge in [-0.2, -0.15) is 0 Å². The van der Waals surface area contributed by atoms with Crippen molar-refractivity contribution in [2.75, 3.05) is 0 Å². The van der Waals surface area contributed by atoms with Crippen molar-refractivity contribution in [1.29, 1.82) is 0 Å². The summed E-state index contributed by atoms with van der Waals surface area (Å²) in [5.74, 6) is 1.84. The van der Waals surface area contributed by atoms with Crippen molar-refractivity contribution in [1.82, 2.24) is 5.32 Å². The second-order valence-corrected chi connectivity index (χ2v) is 5.74. The third-order valence-corrected chi connectivity index (χ3v) is 4.98. The Morgan fingerprint density at radius 2 is 2.33 bits per heavy atom. The molecule has 0 saturated carbocycles. The van der Waals surface area contributed by atoms with Gasteiger partial charge in [0.15, 0.2) is 0 Å². The number of fused-ring (bicyclic) bond motifs is 5. The van der Waals surface area contributed by atoms with E-state index in [0.717, 1.165) is 17.9 Å². The maximum absolute atomic E-state index is 3.97. The van der Waals surface area contributed by atoms with Crippen LogP contribution < -0.4 is 5.32 Å². The Hall–Kier alpha value is -0.300. The first-order valence-corrected chi connectivity index (χ1v) is 6.80. The Balaban J connectivity index is 1.82. The summed E-state index contributed by atoms with van der Waals surface area (Å²) in [7, 11) is 0. The number of hydrogen-bond acceptors (Lipinski definition) is 1. The predicted octanol–water partition coefficient (Wildman–Crippen LogP) is 3.26. The number of allylic oxidation sites excluding steroid dienone is 1. The quantitative estimate of drug-likeness (QED) is 0.697. The number of nitrogens with one attached hydrogen (secondary N) is 1. The molecule has 0 spiro atoms. The summed E-state index contributed by atoms with van der Waals surface area (Å²) in [4.78, 5) is 0. The van der Waals surface area contributed by atoms with Gasteiger partial charge < -0.3 is 5.32 Å². The van der Waals surface area contributed by atoms with Gasteiger partial charge in [0.2, 0.25) is 0 Å². The van der Waals surface area contributed by atoms with Crippen LogP contribution in [0.25, 0.3) is 0 Å². The highest BCUT2D eigenvalue weighted by Crippen LogP contribution is 2.52. The average molecular weight is 205 g/mol. The van der Waals surface area contributed by atoms with Crippen molar-refractivity contribution < 1.29 is 0 Å². The molecule has 3 aliphatic rings. The molecule has 1 N–H and O–H groups in total. The third kappa shape index (κ3) is 1.39. The van der Waals surface area contributed by atoms with Crippen LogP contribution in [-0.2, 0) is 0 Å². The van der Waals surface area contributed by atoms with Crippen LogP contribution >= 0.6 is 0 Å². The van der Waals surface area contributed by atoms with Crippen LogP contribution in [-0.4, -0.2) is 11.6 Å². The van der Waals surface area contributed by atoms with E-state index in [1.807, 2.05) is 0 Å². The minimum Gasteiger partial charge on any atom is -0.308 e. The second-order valence-electron chi connectivity index (χ2n) is 5.74. The molecule has 1 nitrogen and oxygen atoms in total.